The minimum Gasteiger partial charge on any atom is -0.497 e. The minimum absolute atomic E-state index is 0.0714. The summed E-state index contributed by atoms with van der Waals surface area (Å²) in [5, 5.41) is 18.1. The zero-order chi connectivity index (χ0) is 23.3. The van der Waals surface area contributed by atoms with Crippen molar-refractivity contribution in [1.29, 1.82) is 0 Å². The van der Waals surface area contributed by atoms with Gasteiger partial charge in [-0.2, -0.15) is 0 Å². The van der Waals surface area contributed by atoms with Crippen molar-refractivity contribution < 1.29 is 14.2 Å². The number of nitrogens with zero attached hydrogens (tertiary/aromatic N) is 2. The maximum atomic E-state index is 15.7. The molecule has 1 fully saturated rings. The number of fused-ring (bicyclic) bond motifs is 1. The molecular formula is C25H31ClFN3O2S. The first-order valence-corrected chi connectivity index (χ1v) is 12.8. The van der Waals surface area contributed by atoms with E-state index in [9.17, 15) is 5.11 Å². The molecular weight excluding hydrogens is 461 g/mol. The van der Waals surface area contributed by atoms with E-state index in [2.05, 4.69) is 15.3 Å². The highest BCUT2D eigenvalue weighted by molar-refractivity contribution is 7.09. The molecule has 4 rings (SSSR count). The second-order valence-electron chi connectivity index (χ2n) is 8.90. The maximum absolute atomic E-state index is 15.7. The standard InChI is InChI=1S/C25H31ClFN3O2S/c1-32-18-5-6-22-19(13-18)24(20(26)15-30-22)21(27)7-8-25(16-31)9-10-28-14-17(25)3-2-4-23-29-11-12-33-23/h5-6,11-13,15,17,21,28,31H,2-4,7-10,14,16H2,1H3/t17?,21-,25-/m1/s1. The van der Waals surface area contributed by atoms with Crippen molar-refractivity contribution in [3.05, 3.63) is 51.6 Å². The van der Waals surface area contributed by atoms with Crippen LogP contribution >= 0.6 is 22.9 Å². The van der Waals surface area contributed by atoms with Crippen LogP contribution in [0.5, 0.6) is 5.75 Å². The summed E-state index contributed by atoms with van der Waals surface area (Å²) in [6.45, 7) is 1.77. The molecule has 3 atom stereocenters. The molecule has 1 aliphatic heterocycles. The number of halogens is 2. The van der Waals surface area contributed by atoms with Crippen LogP contribution in [0.3, 0.4) is 0 Å². The number of piperidine rings is 1. The van der Waals surface area contributed by atoms with Crippen LogP contribution in [0.15, 0.2) is 36.0 Å². The minimum atomic E-state index is -1.25. The lowest BCUT2D eigenvalue weighted by Gasteiger charge is -2.44. The molecule has 1 saturated heterocycles. The number of aliphatic hydroxyl groups excluding tert-OH is 1. The van der Waals surface area contributed by atoms with Crippen LogP contribution in [-0.4, -0.2) is 41.9 Å². The van der Waals surface area contributed by atoms with Gasteiger partial charge < -0.3 is 15.2 Å². The van der Waals surface area contributed by atoms with Crippen LogP contribution in [0.2, 0.25) is 5.02 Å². The molecule has 3 aromatic rings. The van der Waals surface area contributed by atoms with Crippen molar-refractivity contribution >= 4 is 33.8 Å². The van der Waals surface area contributed by atoms with Crippen molar-refractivity contribution in [1.82, 2.24) is 15.3 Å². The van der Waals surface area contributed by atoms with Crippen LogP contribution < -0.4 is 10.1 Å². The number of aryl methyl sites for hydroxylation is 1. The summed E-state index contributed by atoms with van der Waals surface area (Å²) in [6.07, 6.45) is 6.82. The van der Waals surface area contributed by atoms with Crippen molar-refractivity contribution in [3.8, 4) is 5.75 Å². The van der Waals surface area contributed by atoms with Gasteiger partial charge in [0.15, 0.2) is 0 Å². The van der Waals surface area contributed by atoms with E-state index < -0.39 is 6.17 Å². The Labute approximate surface area is 203 Å². The SMILES string of the molecule is COc1ccc2ncc(Cl)c([C@H](F)CC[C@]3(CO)CCNCC3CCCc3nccs3)c2c1. The van der Waals surface area contributed by atoms with E-state index in [0.717, 1.165) is 43.8 Å². The lowest BCUT2D eigenvalue weighted by molar-refractivity contribution is 0.0119. The van der Waals surface area contributed by atoms with Crippen molar-refractivity contribution in [2.75, 3.05) is 26.8 Å². The Balaban J connectivity index is 1.49. The van der Waals surface area contributed by atoms with E-state index in [-0.39, 0.29) is 12.0 Å². The monoisotopic (exact) mass is 491 g/mol. The zero-order valence-electron chi connectivity index (χ0n) is 18.9. The van der Waals surface area contributed by atoms with Crippen molar-refractivity contribution in [3.63, 3.8) is 0 Å². The van der Waals surface area contributed by atoms with Gasteiger partial charge >= 0.3 is 0 Å². The molecule has 1 unspecified atom stereocenters. The summed E-state index contributed by atoms with van der Waals surface area (Å²) < 4.78 is 21.1. The van der Waals surface area contributed by atoms with Crippen LogP contribution in [-0.2, 0) is 6.42 Å². The molecule has 0 bridgehead atoms. The predicted octanol–water partition coefficient (Wildman–Crippen LogP) is 5.76. The Bertz CT molecular complexity index is 1050. The number of hydrogen-bond donors (Lipinski definition) is 2. The third-order valence-corrected chi connectivity index (χ3v) is 8.22. The van der Waals surface area contributed by atoms with Gasteiger partial charge in [-0.05, 0) is 81.1 Å². The van der Waals surface area contributed by atoms with Gasteiger partial charge in [-0.15, -0.1) is 11.3 Å². The number of alkyl halides is 1. The molecule has 0 amide bonds. The molecule has 0 aliphatic carbocycles. The van der Waals surface area contributed by atoms with Gasteiger partial charge in [-0.25, -0.2) is 9.37 Å². The quantitative estimate of drug-likeness (QED) is 0.377. The number of aliphatic hydroxyl groups is 1. The van der Waals surface area contributed by atoms with Gasteiger partial charge in [0.2, 0.25) is 0 Å². The molecule has 0 saturated carbocycles. The second kappa shape index (κ2) is 11.1. The van der Waals surface area contributed by atoms with Crippen LogP contribution in [0.4, 0.5) is 4.39 Å². The first-order chi connectivity index (χ1) is 16.1. The van der Waals surface area contributed by atoms with E-state index in [0.29, 0.717) is 46.0 Å². The number of thiazole rings is 1. The average Bonchev–Trinajstić information content (AvgIpc) is 3.36. The second-order valence-corrected chi connectivity index (χ2v) is 10.3. The molecule has 5 nitrogen and oxygen atoms in total. The number of aromatic nitrogens is 2. The van der Waals surface area contributed by atoms with Crippen molar-refractivity contribution in [2.24, 2.45) is 11.3 Å². The molecule has 0 spiro atoms. The molecule has 3 heterocycles. The van der Waals surface area contributed by atoms with E-state index >= 15 is 4.39 Å². The molecule has 2 aromatic heterocycles. The van der Waals surface area contributed by atoms with Crippen LogP contribution in [0, 0.1) is 11.3 Å². The number of ether oxygens (including phenoxy) is 1. The highest BCUT2D eigenvalue weighted by Crippen LogP contribution is 2.44. The Hall–Kier alpha value is -1.80. The van der Waals surface area contributed by atoms with E-state index in [1.165, 1.54) is 6.20 Å². The first kappa shape index (κ1) is 24.3. The van der Waals surface area contributed by atoms with E-state index in [4.69, 9.17) is 16.3 Å². The molecule has 0 radical (unpaired) electrons. The molecule has 1 aromatic carbocycles. The van der Waals surface area contributed by atoms with Gasteiger partial charge in [0.25, 0.3) is 0 Å². The fourth-order valence-electron chi connectivity index (χ4n) is 5.11. The summed E-state index contributed by atoms with van der Waals surface area (Å²) in [5.74, 6) is 0.943. The normalized spacial score (nSPS) is 21.9. The highest BCUT2D eigenvalue weighted by atomic mass is 35.5. The summed E-state index contributed by atoms with van der Waals surface area (Å²) in [7, 11) is 1.59. The Morgan fingerprint density at radius 2 is 2.27 bits per heavy atom. The largest absolute Gasteiger partial charge is 0.497 e. The topological polar surface area (TPSA) is 67.3 Å². The number of pyridine rings is 1. The average molecular weight is 492 g/mol. The molecule has 1 aliphatic rings. The van der Waals surface area contributed by atoms with Crippen LogP contribution in [0.1, 0.15) is 48.8 Å². The summed E-state index contributed by atoms with van der Waals surface area (Å²) in [5.41, 5.74) is 0.866. The lowest BCUT2D eigenvalue weighted by atomic mass is 9.66. The number of benzene rings is 1. The van der Waals surface area contributed by atoms with Crippen molar-refractivity contribution in [2.45, 2.75) is 44.7 Å². The maximum Gasteiger partial charge on any atom is 0.127 e. The number of rotatable bonds is 10. The van der Waals surface area contributed by atoms with Gasteiger partial charge in [0.1, 0.15) is 11.9 Å². The molecule has 8 heteroatoms. The summed E-state index contributed by atoms with van der Waals surface area (Å²) >= 11 is 8.10. The summed E-state index contributed by atoms with van der Waals surface area (Å²) in [4.78, 5) is 8.71. The van der Waals surface area contributed by atoms with Crippen LogP contribution in [0.25, 0.3) is 10.9 Å². The number of nitrogens with one attached hydrogen (secondary N) is 1. The zero-order valence-corrected chi connectivity index (χ0v) is 20.5. The fraction of sp³-hybridized carbons (Fsp3) is 0.520. The Kier molecular flexibility index (Phi) is 8.17. The summed E-state index contributed by atoms with van der Waals surface area (Å²) in [6, 6.07) is 5.43. The fourth-order valence-corrected chi connectivity index (χ4v) is 6.04. The third kappa shape index (κ3) is 5.48. The Morgan fingerprint density at radius 1 is 1.39 bits per heavy atom. The number of hydrogen-bond acceptors (Lipinski definition) is 6. The highest BCUT2D eigenvalue weighted by Gasteiger charge is 2.40. The van der Waals surface area contributed by atoms with E-state index in [1.807, 2.05) is 23.7 Å². The third-order valence-electron chi connectivity index (χ3n) is 7.08. The van der Waals surface area contributed by atoms with Gasteiger partial charge in [-0.3, -0.25) is 4.98 Å². The lowest BCUT2D eigenvalue weighted by Crippen LogP contribution is -2.47. The van der Waals surface area contributed by atoms with Gasteiger partial charge in [0, 0.05) is 35.3 Å². The van der Waals surface area contributed by atoms with E-state index in [1.54, 1.807) is 24.5 Å². The Morgan fingerprint density at radius 3 is 3.03 bits per heavy atom. The molecule has 2 N–H and O–H groups in total. The van der Waals surface area contributed by atoms with Gasteiger partial charge in [0.05, 0.1) is 22.7 Å². The smallest absolute Gasteiger partial charge is 0.127 e. The molecule has 33 heavy (non-hydrogen) atoms. The first-order valence-electron chi connectivity index (χ1n) is 11.5. The molecule has 178 valence electrons. The number of methoxy groups -OCH3 is 1. The predicted molar refractivity (Wildman–Crippen MR) is 132 cm³/mol. The van der Waals surface area contributed by atoms with Gasteiger partial charge in [-0.1, -0.05) is 11.6 Å².